The first-order valence-corrected chi connectivity index (χ1v) is 10.5. The first-order valence-electron chi connectivity index (χ1n) is 9.29. The van der Waals surface area contributed by atoms with Gasteiger partial charge in [-0.25, -0.2) is 4.68 Å². The summed E-state index contributed by atoms with van der Waals surface area (Å²) in [6.45, 7) is 3.58. The molecule has 0 aliphatic carbocycles. The molecule has 154 valence electrons. The number of likely N-dealkylation sites (N-methyl/N-ethyl adjacent to an activating group) is 1. The predicted molar refractivity (Wildman–Crippen MR) is 121 cm³/mol. The first kappa shape index (κ1) is 21.3. The summed E-state index contributed by atoms with van der Waals surface area (Å²) in [7, 11) is 5.36. The molecule has 6 nitrogen and oxygen atoms in total. The van der Waals surface area contributed by atoms with Crippen molar-refractivity contribution in [3.63, 3.8) is 0 Å². The Morgan fingerprint density at radius 3 is 2.52 bits per heavy atom. The Morgan fingerprint density at radius 1 is 1.10 bits per heavy atom. The van der Waals surface area contributed by atoms with Crippen LogP contribution in [0.1, 0.15) is 11.1 Å². The van der Waals surface area contributed by atoms with Gasteiger partial charge in [-0.3, -0.25) is 4.90 Å². The third-order valence-electron chi connectivity index (χ3n) is 4.51. The fourth-order valence-corrected chi connectivity index (χ4v) is 3.87. The molecule has 0 saturated heterocycles. The number of aromatic nitrogens is 2. The van der Waals surface area contributed by atoms with Crippen LogP contribution in [-0.2, 0) is 13.1 Å². The Hall–Kier alpha value is -2.42. The molecule has 1 aromatic heterocycles. The van der Waals surface area contributed by atoms with Crippen LogP contribution in [0.4, 0.5) is 10.8 Å². The molecule has 0 unspecified atom stereocenters. The molecule has 1 heterocycles. The zero-order chi connectivity index (χ0) is 20.8. The van der Waals surface area contributed by atoms with Crippen LogP contribution in [0.3, 0.4) is 0 Å². The van der Waals surface area contributed by atoms with E-state index in [-0.39, 0.29) is 0 Å². The van der Waals surface area contributed by atoms with E-state index in [4.69, 9.17) is 21.7 Å². The topological polar surface area (TPSA) is 51.5 Å². The number of rotatable bonds is 9. The van der Waals surface area contributed by atoms with Crippen molar-refractivity contribution in [2.24, 2.45) is 0 Å². The monoisotopic (exact) mass is 430 g/mol. The molecule has 0 bridgehead atoms. The lowest BCUT2D eigenvalue weighted by Gasteiger charge is -2.17. The quantitative estimate of drug-likeness (QED) is 0.489. The number of methoxy groups -OCH3 is 2. The van der Waals surface area contributed by atoms with E-state index in [0.717, 1.165) is 39.2 Å². The second-order valence-electron chi connectivity index (χ2n) is 6.82. The lowest BCUT2D eigenvalue weighted by Crippen LogP contribution is -2.25. The summed E-state index contributed by atoms with van der Waals surface area (Å²) >= 11 is 6.97. The summed E-state index contributed by atoms with van der Waals surface area (Å²) in [5.74, 6) is 1.49. The summed E-state index contributed by atoms with van der Waals surface area (Å²) < 4.78 is 13.3. The summed E-state index contributed by atoms with van der Waals surface area (Å²) in [5, 5.41) is 8.74. The van der Waals surface area contributed by atoms with E-state index in [1.54, 1.807) is 14.2 Å². The Bertz CT molecular complexity index is 999. The van der Waals surface area contributed by atoms with Gasteiger partial charge in [-0.15, -0.1) is 5.10 Å². The van der Waals surface area contributed by atoms with Crippen LogP contribution in [0.15, 0.2) is 42.5 Å². The highest BCUT2D eigenvalue weighted by atomic mass is 32.1. The van der Waals surface area contributed by atoms with Crippen LogP contribution >= 0.6 is 23.6 Å². The van der Waals surface area contributed by atoms with Crippen molar-refractivity contribution in [1.29, 1.82) is 0 Å². The van der Waals surface area contributed by atoms with Gasteiger partial charge in [0.1, 0.15) is 0 Å². The van der Waals surface area contributed by atoms with Crippen molar-refractivity contribution in [3.05, 3.63) is 57.5 Å². The third kappa shape index (κ3) is 5.79. The minimum atomic E-state index is 0.637. The summed E-state index contributed by atoms with van der Waals surface area (Å²) in [5.41, 5.74) is 3.43. The summed E-state index contributed by atoms with van der Waals surface area (Å²) in [4.78, 5) is 2.20. The molecule has 0 atom stereocenters. The number of nitrogens with zero attached hydrogens (tertiary/aromatic N) is 3. The van der Waals surface area contributed by atoms with Gasteiger partial charge in [0.15, 0.2) is 15.5 Å². The Labute approximate surface area is 180 Å². The van der Waals surface area contributed by atoms with Gasteiger partial charge in [0.05, 0.1) is 20.9 Å². The lowest BCUT2D eigenvalue weighted by atomic mass is 10.1. The van der Waals surface area contributed by atoms with E-state index < -0.39 is 0 Å². The molecule has 29 heavy (non-hydrogen) atoms. The largest absolute Gasteiger partial charge is 0.493 e. The molecule has 0 aliphatic rings. The average Bonchev–Trinajstić information content (AvgIpc) is 3.06. The molecular weight excluding hydrogens is 404 g/mol. The maximum Gasteiger partial charge on any atom is 0.209 e. The minimum Gasteiger partial charge on any atom is -0.493 e. The number of anilines is 2. The van der Waals surface area contributed by atoms with Gasteiger partial charge in [0.2, 0.25) is 5.13 Å². The molecule has 0 aliphatic heterocycles. The maximum atomic E-state index is 5.49. The SMILES string of the molecule is COc1ccc(CCN(C)Cn2nc(Nc3ccc(C)cc3)sc2=S)cc1OC. The molecule has 0 amide bonds. The molecular formula is C21H26N4O2S2. The highest BCUT2D eigenvalue weighted by Crippen LogP contribution is 2.27. The van der Waals surface area contributed by atoms with Gasteiger partial charge in [-0.2, -0.15) is 0 Å². The number of ether oxygens (including phenoxy) is 2. The van der Waals surface area contributed by atoms with Crippen LogP contribution in [-0.4, -0.2) is 42.5 Å². The average molecular weight is 431 g/mol. The van der Waals surface area contributed by atoms with E-state index in [1.165, 1.54) is 22.5 Å². The van der Waals surface area contributed by atoms with Crippen molar-refractivity contribution < 1.29 is 9.47 Å². The lowest BCUT2D eigenvalue weighted by molar-refractivity contribution is 0.256. The molecule has 0 fully saturated rings. The number of aryl methyl sites for hydroxylation is 1. The maximum absolute atomic E-state index is 5.49. The zero-order valence-electron chi connectivity index (χ0n) is 17.1. The van der Waals surface area contributed by atoms with Crippen molar-refractivity contribution in [3.8, 4) is 11.5 Å². The summed E-state index contributed by atoms with van der Waals surface area (Å²) in [6.07, 6.45) is 0.892. The number of hydrogen-bond donors (Lipinski definition) is 1. The minimum absolute atomic E-state index is 0.637. The van der Waals surface area contributed by atoms with Crippen LogP contribution in [0.2, 0.25) is 0 Å². The normalized spacial score (nSPS) is 10.9. The first-order chi connectivity index (χ1) is 14.0. The van der Waals surface area contributed by atoms with Crippen LogP contribution in [0, 0.1) is 10.9 Å². The van der Waals surface area contributed by atoms with Crippen molar-refractivity contribution >= 4 is 34.4 Å². The molecule has 2 aromatic carbocycles. The predicted octanol–water partition coefficient (Wildman–Crippen LogP) is 4.88. The van der Waals surface area contributed by atoms with Gasteiger partial charge >= 0.3 is 0 Å². The molecule has 1 N–H and O–H groups in total. The Morgan fingerprint density at radius 2 is 1.83 bits per heavy atom. The van der Waals surface area contributed by atoms with E-state index >= 15 is 0 Å². The van der Waals surface area contributed by atoms with Gasteiger partial charge < -0.3 is 14.8 Å². The van der Waals surface area contributed by atoms with Crippen molar-refractivity contribution in [2.45, 2.75) is 20.0 Å². The van der Waals surface area contributed by atoms with Gasteiger partial charge in [0, 0.05) is 12.2 Å². The fraction of sp³-hybridized carbons (Fsp3) is 0.333. The molecule has 0 radical (unpaired) electrons. The standard InChI is InChI=1S/C21H26N4O2S2/c1-15-5-8-17(9-6-15)22-20-23-25(21(28)29-20)14-24(2)12-11-16-7-10-18(26-3)19(13-16)27-4/h5-10,13H,11-12,14H2,1-4H3,(H,22,23). The van der Waals surface area contributed by atoms with Crippen LogP contribution in [0.5, 0.6) is 11.5 Å². The van der Waals surface area contributed by atoms with Crippen molar-refractivity contribution in [1.82, 2.24) is 14.7 Å². The smallest absolute Gasteiger partial charge is 0.209 e. The molecule has 0 spiro atoms. The zero-order valence-corrected chi connectivity index (χ0v) is 18.8. The van der Waals surface area contributed by atoms with E-state index in [0.29, 0.717) is 6.67 Å². The van der Waals surface area contributed by atoms with E-state index in [1.807, 2.05) is 28.9 Å². The molecule has 3 rings (SSSR count). The van der Waals surface area contributed by atoms with Gasteiger partial charge in [-0.05, 0) is 62.4 Å². The number of nitrogens with one attached hydrogen (secondary N) is 1. The van der Waals surface area contributed by atoms with Gasteiger partial charge in [-0.1, -0.05) is 35.1 Å². The number of hydrogen-bond acceptors (Lipinski definition) is 7. The van der Waals surface area contributed by atoms with Crippen LogP contribution < -0.4 is 14.8 Å². The van der Waals surface area contributed by atoms with Crippen molar-refractivity contribution in [2.75, 3.05) is 33.1 Å². The van der Waals surface area contributed by atoms with E-state index in [9.17, 15) is 0 Å². The second-order valence-corrected chi connectivity index (χ2v) is 8.45. The molecule has 8 heteroatoms. The fourth-order valence-electron chi connectivity index (χ4n) is 2.86. The van der Waals surface area contributed by atoms with Crippen LogP contribution in [0.25, 0.3) is 0 Å². The Kier molecular flexibility index (Phi) is 7.24. The highest BCUT2D eigenvalue weighted by Gasteiger charge is 2.09. The summed E-state index contributed by atoms with van der Waals surface area (Å²) in [6, 6.07) is 14.2. The molecule has 3 aromatic rings. The second kappa shape index (κ2) is 9.87. The number of benzene rings is 2. The Balaban J connectivity index is 1.58. The van der Waals surface area contributed by atoms with E-state index in [2.05, 4.69) is 47.5 Å². The third-order valence-corrected chi connectivity index (χ3v) is 5.74. The van der Waals surface area contributed by atoms with Gasteiger partial charge in [0.25, 0.3) is 0 Å². The highest BCUT2D eigenvalue weighted by molar-refractivity contribution is 7.73. The molecule has 0 saturated carbocycles.